The van der Waals surface area contributed by atoms with Gasteiger partial charge in [-0.2, -0.15) is 0 Å². The van der Waals surface area contributed by atoms with Crippen molar-refractivity contribution in [3.8, 4) is 0 Å². The predicted octanol–water partition coefficient (Wildman–Crippen LogP) is 2.21. The average Bonchev–Trinajstić information content (AvgIpc) is 2.37. The molecule has 2 N–H and O–H groups in total. The Labute approximate surface area is 117 Å². The first-order chi connectivity index (χ1) is 9.55. The van der Waals surface area contributed by atoms with Gasteiger partial charge < -0.3 is 15.2 Å². The standard InChI is InChI=1S/C15H19NO4/c1-20-15(9-2-10-15)14(19)16-12-6-3-11(4-7-12)5-8-13(17)18/h3-4,6-7H,2,5,8-10H2,1H3,(H,16,19)(H,17,18). The summed E-state index contributed by atoms with van der Waals surface area (Å²) in [4.78, 5) is 22.6. The lowest BCUT2D eigenvalue weighted by atomic mass is 9.79. The van der Waals surface area contributed by atoms with E-state index in [1.807, 2.05) is 12.1 Å². The Bertz CT molecular complexity index is 486. The van der Waals surface area contributed by atoms with E-state index in [1.54, 1.807) is 19.2 Å². The minimum absolute atomic E-state index is 0.107. The fraction of sp³-hybridized carbons (Fsp3) is 0.467. The molecule has 5 nitrogen and oxygen atoms in total. The van der Waals surface area contributed by atoms with E-state index in [1.165, 1.54) is 0 Å². The molecule has 1 aliphatic rings. The van der Waals surface area contributed by atoms with Crippen molar-refractivity contribution >= 4 is 17.6 Å². The first-order valence-corrected chi connectivity index (χ1v) is 6.73. The number of hydrogen-bond donors (Lipinski definition) is 2. The minimum Gasteiger partial charge on any atom is -0.481 e. The van der Waals surface area contributed by atoms with E-state index in [0.29, 0.717) is 12.1 Å². The van der Waals surface area contributed by atoms with Crippen LogP contribution in [0.25, 0.3) is 0 Å². The van der Waals surface area contributed by atoms with Crippen molar-refractivity contribution in [1.29, 1.82) is 0 Å². The molecule has 1 aromatic rings. The number of aliphatic carboxylic acids is 1. The third-order valence-electron chi connectivity index (χ3n) is 3.81. The van der Waals surface area contributed by atoms with E-state index < -0.39 is 11.6 Å². The molecule has 1 saturated carbocycles. The number of carbonyl (C=O) groups excluding carboxylic acids is 1. The molecule has 20 heavy (non-hydrogen) atoms. The van der Waals surface area contributed by atoms with Crippen LogP contribution in [0.5, 0.6) is 0 Å². The van der Waals surface area contributed by atoms with E-state index in [0.717, 1.165) is 24.8 Å². The number of aryl methyl sites for hydroxylation is 1. The highest BCUT2D eigenvalue weighted by Crippen LogP contribution is 2.36. The molecule has 1 aliphatic carbocycles. The van der Waals surface area contributed by atoms with Gasteiger partial charge in [-0.25, -0.2) is 0 Å². The molecule has 5 heteroatoms. The van der Waals surface area contributed by atoms with Crippen molar-refractivity contribution in [1.82, 2.24) is 0 Å². The Kier molecular flexibility index (Phi) is 4.39. The number of carboxylic acids is 1. The molecule has 0 unspecified atom stereocenters. The monoisotopic (exact) mass is 277 g/mol. The molecule has 0 bridgehead atoms. The van der Waals surface area contributed by atoms with E-state index in [4.69, 9.17) is 9.84 Å². The van der Waals surface area contributed by atoms with Gasteiger partial charge in [-0.3, -0.25) is 9.59 Å². The van der Waals surface area contributed by atoms with Crippen molar-refractivity contribution in [2.24, 2.45) is 0 Å². The van der Waals surface area contributed by atoms with Crippen molar-refractivity contribution in [3.63, 3.8) is 0 Å². The molecule has 1 amide bonds. The summed E-state index contributed by atoms with van der Waals surface area (Å²) in [6.45, 7) is 0. The van der Waals surface area contributed by atoms with Gasteiger partial charge in [0.05, 0.1) is 0 Å². The van der Waals surface area contributed by atoms with Crippen molar-refractivity contribution in [2.45, 2.75) is 37.7 Å². The van der Waals surface area contributed by atoms with Gasteiger partial charge in [-0.1, -0.05) is 12.1 Å². The normalized spacial score (nSPS) is 16.2. The zero-order valence-electron chi connectivity index (χ0n) is 11.5. The number of amides is 1. The Morgan fingerprint density at radius 2 is 1.95 bits per heavy atom. The maximum Gasteiger partial charge on any atom is 0.303 e. The number of carboxylic acid groups (broad SMARTS) is 1. The van der Waals surface area contributed by atoms with Gasteiger partial charge in [-0.05, 0) is 43.4 Å². The van der Waals surface area contributed by atoms with Crippen LogP contribution in [0.15, 0.2) is 24.3 Å². The zero-order valence-corrected chi connectivity index (χ0v) is 11.5. The van der Waals surface area contributed by atoms with Crippen molar-refractivity contribution in [3.05, 3.63) is 29.8 Å². The maximum absolute atomic E-state index is 12.1. The van der Waals surface area contributed by atoms with Crippen LogP contribution in [0.1, 0.15) is 31.2 Å². The van der Waals surface area contributed by atoms with Gasteiger partial charge in [0.25, 0.3) is 5.91 Å². The number of carbonyl (C=O) groups is 2. The van der Waals surface area contributed by atoms with E-state index in [9.17, 15) is 9.59 Å². The Morgan fingerprint density at radius 3 is 2.40 bits per heavy atom. The third-order valence-corrected chi connectivity index (χ3v) is 3.81. The molecular weight excluding hydrogens is 258 g/mol. The minimum atomic E-state index is -0.811. The van der Waals surface area contributed by atoms with Crippen molar-refractivity contribution in [2.75, 3.05) is 12.4 Å². The van der Waals surface area contributed by atoms with Crippen LogP contribution in [0.3, 0.4) is 0 Å². The van der Waals surface area contributed by atoms with Gasteiger partial charge in [0.15, 0.2) is 0 Å². The second-order valence-electron chi connectivity index (χ2n) is 5.10. The zero-order chi connectivity index (χ0) is 14.6. The lowest BCUT2D eigenvalue weighted by molar-refractivity contribution is -0.148. The van der Waals surface area contributed by atoms with Gasteiger partial charge in [0.2, 0.25) is 0 Å². The number of hydrogen-bond acceptors (Lipinski definition) is 3. The largest absolute Gasteiger partial charge is 0.481 e. The van der Waals surface area contributed by atoms with Crippen molar-refractivity contribution < 1.29 is 19.4 Å². The summed E-state index contributed by atoms with van der Waals surface area (Å²) >= 11 is 0. The summed E-state index contributed by atoms with van der Waals surface area (Å²) in [5.41, 5.74) is 0.981. The second kappa shape index (κ2) is 6.05. The summed E-state index contributed by atoms with van der Waals surface area (Å²) in [7, 11) is 1.56. The summed E-state index contributed by atoms with van der Waals surface area (Å²) in [5, 5.41) is 11.5. The number of nitrogens with one attached hydrogen (secondary N) is 1. The maximum atomic E-state index is 12.1. The summed E-state index contributed by atoms with van der Waals surface area (Å²) in [5.74, 6) is -0.918. The molecule has 0 aromatic heterocycles. The number of ether oxygens (including phenoxy) is 1. The summed E-state index contributed by atoms with van der Waals surface area (Å²) in [6.07, 6.45) is 3.12. The SMILES string of the molecule is COC1(C(=O)Nc2ccc(CCC(=O)O)cc2)CCC1. The lowest BCUT2D eigenvalue weighted by Crippen LogP contribution is -2.50. The van der Waals surface area contributed by atoms with E-state index >= 15 is 0 Å². The molecule has 1 fully saturated rings. The van der Waals surface area contributed by atoms with Gasteiger partial charge >= 0.3 is 5.97 Å². The number of rotatable bonds is 6. The highest BCUT2D eigenvalue weighted by Gasteiger charge is 2.44. The quantitative estimate of drug-likeness (QED) is 0.836. The molecule has 1 aromatic carbocycles. The molecule has 0 atom stereocenters. The fourth-order valence-corrected chi connectivity index (χ4v) is 2.27. The molecule has 0 radical (unpaired) electrons. The molecule has 0 heterocycles. The van der Waals surface area contributed by atoms with Crippen LogP contribution in [-0.2, 0) is 20.7 Å². The Morgan fingerprint density at radius 1 is 1.30 bits per heavy atom. The highest BCUT2D eigenvalue weighted by molar-refractivity contribution is 5.98. The van der Waals surface area contributed by atoms with Crippen LogP contribution in [-0.4, -0.2) is 29.7 Å². The number of methoxy groups -OCH3 is 1. The molecule has 0 saturated heterocycles. The molecule has 2 rings (SSSR count). The topological polar surface area (TPSA) is 75.6 Å². The predicted molar refractivity (Wildman–Crippen MR) is 74.6 cm³/mol. The van der Waals surface area contributed by atoms with Gasteiger partial charge in [0, 0.05) is 19.2 Å². The average molecular weight is 277 g/mol. The van der Waals surface area contributed by atoms with Crippen LogP contribution >= 0.6 is 0 Å². The fourth-order valence-electron chi connectivity index (χ4n) is 2.27. The van der Waals surface area contributed by atoms with E-state index in [2.05, 4.69) is 5.32 Å². The van der Waals surface area contributed by atoms with Crippen LogP contribution in [0.2, 0.25) is 0 Å². The second-order valence-corrected chi connectivity index (χ2v) is 5.10. The first kappa shape index (κ1) is 14.5. The summed E-state index contributed by atoms with van der Waals surface area (Å²) in [6, 6.07) is 7.24. The first-order valence-electron chi connectivity index (χ1n) is 6.73. The molecular formula is C15H19NO4. The molecule has 108 valence electrons. The number of benzene rings is 1. The Hall–Kier alpha value is -1.88. The van der Waals surface area contributed by atoms with Crippen LogP contribution in [0.4, 0.5) is 5.69 Å². The molecule has 0 spiro atoms. The Balaban J connectivity index is 1.93. The third kappa shape index (κ3) is 3.17. The molecule has 0 aliphatic heterocycles. The van der Waals surface area contributed by atoms with E-state index in [-0.39, 0.29) is 12.3 Å². The summed E-state index contributed by atoms with van der Waals surface area (Å²) < 4.78 is 5.32. The highest BCUT2D eigenvalue weighted by atomic mass is 16.5. The smallest absolute Gasteiger partial charge is 0.303 e. The van der Waals surface area contributed by atoms with Gasteiger partial charge in [0.1, 0.15) is 5.60 Å². The van der Waals surface area contributed by atoms with Gasteiger partial charge in [-0.15, -0.1) is 0 Å². The van der Waals surface area contributed by atoms with Crippen LogP contribution in [0, 0.1) is 0 Å². The lowest BCUT2D eigenvalue weighted by Gasteiger charge is -2.38. The number of anilines is 1. The van der Waals surface area contributed by atoms with Crippen LogP contribution < -0.4 is 5.32 Å².